The zero-order valence-electron chi connectivity index (χ0n) is 22.1. The van der Waals surface area contributed by atoms with Gasteiger partial charge in [-0.3, -0.25) is 14.8 Å². The first-order valence-corrected chi connectivity index (χ1v) is 15.0. The fourth-order valence-electron chi connectivity index (χ4n) is 4.02. The number of hydrogen-bond donors (Lipinski definition) is 5. The number of nitrogens with one attached hydrogen (secondary N) is 3. The van der Waals surface area contributed by atoms with Crippen LogP contribution in [-0.4, -0.2) is 49.4 Å². The summed E-state index contributed by atoms with van der Waals surface area (Å²) in [5.41, 5.74) is 1.14. The molecule has 1 amide bonds. The average molecular weight is 583 g/mol. The lowest BCUT2D eigenvalue weighted by Crippen LogP contribution is -2.50. The number of rotatable bonds is 11. The van der Waals surface area contributed by atoms with E-state index in [1.54, 1.807) is 56.6 Å². The van der Waals surface area contributed by atoms with Crippen molar-refractivity contribution in [2.24, 2.45) is 0 Å². The first kappa shape index (κ1) is 29.0. The van der Waals surface area contributed by atoms with E-state index < -0.39 is 21.7 Å². The maximum atomic E-state index is 13.7. The number of anilines is 2. The van der Waals surface area contributed by atoms with Gasteiger partial charge in [0.15, 0.2) is 0 Å². The summed E-state index contributed by atoms with van der Waals surface area (Å²) in [6.45, 7) is 1.64. The number of aromatic hydroxyl groups is 1. The standard InChI is InChI=1S/C28H30N4O6S2/c1-28(20-7-11-22(38-2)12-8-20,27(35)31-21-9-4-18(5-10-21)26-29-14-15-39-26)30-17-25(34)19-6-13-24(33)23(16-19)32-40(3,36)37/h4-16,25,30,32-34H,17H2,1-3H3,(H,31,35). The minimum Gasteiger partial charge on any atom is -0.506 e. The summed E-state index contributed by atoms with van der Waals surface area (Å²) in [4.78, 5) is 18.0. The molecule has 4 rings (SSSR count). The Hall–Kier alpha value is -3.97. The number of ether oxygens (including phenoxy) is 1. The van der Waals surface area contributed by atoms with Crippen LogP contribution in [0.2, 0.25) is 0 Å². The minimum atomic E-state index is -3.65. The molecule has 3 aromatic carbocycles. The molecule has 10 nitrogen and oxygen atoms in total. The number of nitrogens with zero attached hydrogens (tertiary/aromatic N) is 1. The van der Waals surface area contributed by atoms with Crippen LogP contribution in [0.1, 0.15) is 24.2 Å². The zero-order chi connectivity index (χ0) is 28.9. The van der Waals surface area contributed by atoms with E-state index in [2.05, 4.69) is 20.3 Å². The Morgan fingerprint density at radius 3 is 2.40 bits per heavy atom. The lowest BCUT2D eigenvalue weighted by Gasteiger charge is -2.31. The number of methoxy groups -OCH3 is 1. The maximum absolute atomic E-state index is 13.7. The van der Waals surface area contributed by atoms with E-state index in [0.29, 0.717) is 22.6 Å². The van der Waals surface area contributed by atoms with Crippen LogP contribution in [0.3, 0.4) is 0 Å². The molecule has 1 aromatic heterocycles. The van der Waals surface area contributed by atoms with Gasteiger partial charge in [-0.1, -0.05) is 18.2 Å². The molecule has 0 saturated carbocycles. The van der Waals surface area contributed by atoms with Crippen LogP contribution in [0.5, 0.6) is 11.5 Å². The van der Waals surface area contributed by atoms with Gasteiger partial charge < -0.3 is 20.3 Å². The van der Waals surface area contributed by atoms with Crippen LogP contribution in [0, 0.1) is 0 Å². The van der Waals surface area contributed by atoms with Gasteiger partial charge in [0.2, 0.25) is 15.9 Å². The molecule has 0 saturated heterocycles. The lowest BCUT2D eigenvalue weighted by molar-refractivity contribution is -0.122. The highest BCUT2D eigenvalue weighted by Gasteiger charge is 2.35. The molecule has 210 valence electrons. The average Bonchev–Trinajstić information content (AvgIpc) is 3.47. The second-order valence-corrected chi connectivity index (χ2v) is 11.9. The number of aromatic nitrogens is 1. The third-order valence-corrected chi connectivity index (χ3v) is 7.71. The van der Waals surface area contributed by atoms with Crippen molar-refractivity contribution < 1.29 is 28.2 Å². The summed E-state index contributed by atoms with van der Waals surface area (Å²) in [5, 5.41) is 29.9. The van der Waals surface area contributed by atoms with E-state index in [4.69, 9.17) is 4.74 Å². The van der Waals surface area contributed by atoms with Crippen LogP contribution in [0.15, 0.2) is 78.3 Å². The number of aliphatic hydroxyl groups excluding tert-OH is 1. The summed E-state index contributed by atoms with van der Waals surface area (Å²) in [6, 6.07) is 18.5. The molecule has 5 N–H and O–H groups in total. The molecule has 0 aliphatic carbocycles. The molecule has 40 heavy (non-hydrogen) atoms. The quantitative estimate of drug-likeness (QED) is 0.166. The number of benzene rings is 3. The Morgan fingerprint density at radius 1 is 1.10 bits per heavy atom. The Bertz CT molecular complexity index is 1560. The van der Waals surface area contributed by atoms with Crippen LogP contribution in [0.4, 0.5) is 11.4 Å². The molecule has 0 aliphatic heterocycles. The third-order valence-electron chi connectivity index (χ3n) is 6.29. The highest BCUT2D eigenvalue weighted by Crippen LogP contribution is 2.30. The van der Waals surface area contributed by atoms with Crippen LogP contribution >= 0.6 is 11.3 Å². The number of aliphatic hydroxyl groups is 1. The minimum absolute atomic E-state index is 0.0593. The Labute approximate surface area is 236 Å². The number of sulfonamides is 1. The Balaban J connectivity index is 1.56. The maximum Gasteiger partial charge on any atom is 0.249 e. The molecule has 0 aliphatic rings. The summed E-state index contributed by atoms with van der Waals surface area (Å²) < 4.78 is 30.8. The number of hydrogen-bond acceptors (Lipinski definition) is 9. The van der Waals surface area contributed by atoms with Gasteiger partial charge >= 0.3 is 0 Å². The first-order chi connectivity index (χ1) is 19.0. The summed E-state index contributed by atoms with van der Waals surface area (Å²) >= 11 is 1.52. The molecule has 0 radical (unpaired) electrons. The van der Waals surface area contributed by atoms with Gasteiger partial charge in [0.25, 0.3) is 0 Å². The van der Waals surface area contributed by atoms with Gasteiger partial charge in [0.05, 0.1) is 25.2 Å². The monoisotopic (exact) mass is 582 g/mol. The van der Waals surface area contributed by atoms with Gasteiger partial charge in [0, 0.05) is 29.4 Å². The van der Waals surface area contributed by atoms with Crippen molar-refractivity contribution in [3.8, 4) is 22.1 Å². The van der Waals surface area contributed by atoms with Gasteiger partial charge in [-0.25, -0.2) is 13.4 Å². The largest absolute Gasteiger partial charge is 0.506 e. The van der Waals surface area contributed by atoms with Gasteiger partial charge in [0.1, 0.15) is 22.0 Å². The number of phenols is 1. The van der Waals surface area contributed by atoms with E-state index in [9.17, 15) is 23.4 Å². The molecule has 12 heteroatoms. The molecule has 0 spiro atoms. The normalized spacial score (nSPS) is 13.7. The highest BCUT2D eigenvalue weighted by atomic mass is 32.2. The van der Waals surface area contributed by atoms with Gasteiger partial charge in [-0.15, -0.1) is 11.3 Å². The third kappa shape index (κ3) is 6.96. The molecule has 0 fully saturated rings. The SMILES string of the molecule is COc1ccc(C(C)(NCC(O)c2ccc(O)c(NS(C)(=O)=O)c2)C(=O)Nc2ccc(-c3nccs3)cc2)cc1. The topological polar surface area (TPSA) is 150 Å². The van der Waals surface area contributed by atoms with Gasteiger partial charge in [-0.05, 0) is 66.6 Å². The van der Waals surface area contributed by atoms with Crippen LogP contribution < -0.4 is 20.1 Å². The van der Waals surface area contributed by atoms with Crippen molar-refractivity contribution in [2.75, 3.05) is 29.9 Å². The van der Waals surface area contributed by atoms with Crippen molar-refractivity contribution in [1.82, 2.24) is 10.3 Å². The van der Waals surface area contributed by atoms with Crippen LogP contribution in [-0.2, 0) is 20.4 Å². The van der Waals surface area contributed by atoms with Gasteiger partial charge in [-0.2, -0.15) is 0 Å². The van der Waals surface area contributed by atoms with Crippen molar-refractivity contribution >= 4 is 38.6 Å². The number of carbonyl (C=O) groups is 1. The second kappa shape index (κ2) is 12.0. The summed E-state index contributed by atoms with van der Waals surface area (Å²) in [5.74, 6) is -0.0195. The summed E-state index contributed by atoms with van der Waals surface area (Å²) in [6.07, 6.45) is 1.56. The predicted octanol–water partition coefficient (Wildman–Crippen LogP) is 4.07. The zero-order valence-corrected chi connectivity index (χ0v) is 23.7. The number of phenolic OH excluding ortho intramolecular Hbond substituents is 1. The number of thiazole rings is 1. The van der Waals surface area contributed by atoms with Crippen molar-refractivity contribution in [3.63, 3.8) is 0 Å². The molecular weight excluding hydrogens is 552 g/mol. The van der Waals surface area contributed by atoms with E-state index in [1.807, 2.05) is 17.5 Å². The Kier molecular flexibility index (Phi) is 8.74. The Morgan fingerprint density at radius 2 is 1.80 bits per heavy atom. The van der Waals surface area contributed by atoms with E-state index in [0.717, 1.165) is 16.8 Å². The smallest absolute Gasteiger partial charge is 0.249 e. The van der Waals surface area contributed by atoms with Crippen molar-refractivity contribution in [3.05, 3.63) is 89.4 Å². The van der Waals surface area contributed by atoms with Crippen molar-refractivity contribution in [2.45, 2.75) is 18.6 Å². The fraction of sp³-hybridized carbons (Fsp3) is 0.214. The molecule has 2 atom stereocenters. The number of amides is 1. The molecule has 0 bridgehead atoms. The van der Waals surface area contributed by atoms with Crippen molar-refractivity contribution in [1.29, 1.82) is 0 Å². The predicted molar refractivity (Wildman–Crippen MR) is 156 cm³/mol. The number of carbonyl (C=O) groups excluding carboxylic acids is 1. The molecule has 1 heterocycles. The molecular formula is C28H30N4O6S2. The first-order valence-electron chi connectivity index (χ1n) is 12.2. The van der Waals surface area contributed by atoms with E-state index >= 15 is 0 Å². The van der Waals surface area contributed by atoms with E-state index in [1.165, 1.54) is 29.5 Å². The fourth-order valence-corrected chi connectivity index (χ4v) is 5.22. The lowest BCUT2D eigenvalue weighted by atomic mass is 9.90. The molecule has 2 unspecified atom stereocenters. The molecule has 4 aromatic rings. The second-order valence-electron chi connectivity index (χ2n) is 9.27. The van der Waals surface area contributed by atoms with E-state index in [-0.39, 0.29) is 23.9 Å². The summed E-state index contributed by atoms with van der Waals surface area (Å²) in [7, 11) is -2.10. The van der Waals surface area contributed by atoms with Crippen LogP contribution in [0.25, 0.3) is 10.6 Å². The highest BCUT2D eigenvalue weighted by molar-refractivity contribution is 7.92.